The summed E-state index contributed by atoms with van der Waals surface area (Å²) >= 11 is 3.36. The molecule has 0 aromatic heterocycles. The lowest BCUT2D eigenvalue weighted by atomic mass is 10.1. The number of hydrogen-bond donors (Lipinski definition) is 0. The van der Waals surface area contributed by atoms with E-state index in [4.69, 9.17) is 14.2 Å². The summed E-state index contributed by atoms with van der Waals surface area (Å²) in [5.41, 5.74) is 0.611. The molecule has 19 heavy (non-hydrogen) atoms. The fraction of sp³-hybridized carbons (Fsp3) is 0.500. The molecule has 1 heterocycles. The van der Waals surface area contributed by atoms with Crippen molar-refractivity contribution in [3.8, 4) is 5.75 Å². The van der Waals surface area contributed by atoms with Gasteiger partial charge in [-0.2, -0.15) is 0 Å². The predicted octanol–water partition coefficient (Wildman–Crippen LogP) is 2.84. The Labute approximate surface area is 121 Å². The number of carbonyl (C=O) groups excluding carboxylic acids is 1. The van der Waals surface area contributed by atoms with Crippen LogP contribution in [0.2, 0.25) is 0 Å². The third-order valence-corrected chi connectivity index (χ3v) is 3.65. The highest BCUT2D eigenvalue weighted by atomic mass is 79.9. The van der Waals surface area contributed by atoms with Gasteiger partial charge in [0.15, 0.2) is 5.78 Å². The maximum absolute atomic E-state index is 11.9. The van der Waals surface area contributed by atoms with E-state index in [1.54, 1.807) is 25.3 Å². The van der Waals surface area contributed by atoms with E-state index in [1.165, 1.54) is 0 Å². The van der Waals surface area contributed by atoms with Crippen molar-refractivity contribution in [2.45, 2.75) is 18.9 Å². The van der Waals surface area contributed by atoms with Gasteiger partial charge in [-0.05, 0) is 47.0 Å². The zero-order valence-corrected chi connectivity index (χ0v) is 12.4. The number of ether oxygens (including phenoxy) is 3. The van der Waals surface area contributed by atoms with E-state index in [0.29, 0.717) is 17.9 Å². The molecule has 4 nitrogen and oxygen atoms in total. The molecular formula is C14H17BrO4. The minimum atomic E-state index is -0.0404. The summed E-state index contributed by atoms with van der Waals surface area (Å²) in [4.78, 5) is 11.9. The minimum Gasteiger partial charge on any atom is -0.496 e. The third kappa shape index (κ3) is 4.03. The molecule has 0 radical (unpaired) electrons. The molecule has 0 amide bonds. The van der Waals surface area contributed by atoms with Crippen LogP contribution in [-0.4, -0.2) is 38.8 Å². The molecule has 0 aliphatic carbocycles. The second-order valence-electron chi connectivity index (χ2n) is 4.42. The van der Waals surface area contributed by atoms with Crippen LogP contribution in [0.4, 0.5) is 0 Å². The summed E-state index contributed by atoms with van der Waals surface area (Å²) in [6.07, 6.45) is 2.24. The molecule has 1 aromatic carbocycles. The van der Waals surface area contributed by atoms with Crippen LogP contribution in [0.25, 0.3) is 0 Å². The molecular weight excluding hydrogens is 312 g/mol. The Bertz CT molecular complexity index is 441. The molecule has 1 saturated heterocycles. The number of hydrogen-bond acceptors (Lipinski definition) is 4. The van der Waals surface area contributed by atoms with Crippen LogP contribution in [0.15, 0.2) is 22.7 Å². The third-order valence-electron chi connectivity index (χ3n) is 3.03. The molecule has 1 aliphatic rings. The maximum atomic E-state index is 11.9. The largest absolute Gasteiger partial charge is 0.496 e. The molecule has 1 atom stereocenters. The molecule has 104 valence electrons. The van der Waals surface area contributed by atoms with Crippen LogP contribution in [-0.2, 0) is 9.47 Å². The van der Waals surface area contributed by atoms with Gasteiger partial charge >= 0.3 is 0 Å². The predicted molar refractivity (Wildman–Crippen MR) is 74.8 cm³/mol. The lowest BCUT2D eigenvalue weighted by Crippen LogP contribution is -2.18. The topological polar surface area (TPSA) is 44.8 Å². The molecule has 0 saturated carbocycles. The van der Waals surface area contributed by atoms with Crippen LogP contribution in [0, 0.1) is 0 Å². The van der Waals surface area contributed by atoms with E-state index in [1.807, 2.05) is 0 Å². The van der Waals surface area contributed by atoms with Gasteiger partial charge < -0.3 is 14.2 Å². The molecule has 1 aliphatic heterocycles. The summed E-state index contributed by atoms with van der Waals surface area (Å²) in [5, 5.41) is 0. The number of rotatable bonds is 6. The van der Waals surface area contributed by atoms with Gasteiger partial charge in [0.2, 0.25) is 0 Å². The molecule has 2 rings (SSSR count). The van der Waals surface area contributed by atoms with Gasteiger partial charge in [0.25, 0.3) is 0 Å². The van der Waals surface area contributed by atoms with Gasteiger partial charge in [-0.3, -0.25) is 4.79 Å². The Hall–Kier alpha value is -0.910. The van der Waals surface area contributed by atoms with Crippen molar-refractivity contribution in [1.29, 1.82) is 0 Å². The van der Waals surface area contributed by atoms with Crippen molar-refractivity contribution in [1.82, 2.24) is 0 Å². The fourth-order valence-corrected chi connectivity index (χ4v) is 2.52. The molecule has 0 spiro atoms. The zero-order valence-electron chi connectivity index (χ0n) is 10.9. The number of carbonyl (C=O) groups is 1. The van der Waals surface area contributed by atoms with Crippen LogP contribution < -0.4 is 4.74 Å². The van der Waals surface area contributed by atoms with Gasteiger partial charge in [0.1, 0.15) is 12.4 Å². The van der Waals surface area contributed by atoms with E-state index in [0.717, 1.165) is 23.9 Å². The van der Waals surface area contributed by atoms with Gasteiger partial charge in [-0.15, -0.1) is 0 Å². The van der Waals surface area contributed by atoms with E-state index < -0.39 is 0 Å². The summed E-state index contributed by atoms with van der Waals surface area (Å²) in [7, 11) is 1.59. The molecule has 1 fully saturated rings. The lowest BCUT2D eigenvalue weighted by Gasteiger charge is -2.10. The average molecular weight is 329 g/mol. The normalized spacial score (nSPS) is 18.5. The number of ketones is 1. The van der Waals surface area contributed by atoms with Gasteiger partial charge in [-0.1, -0.05) is 0 Å². The number of halogens is 1. The van der Waals surface area contributed by atoms with Crippen LogP contribution >= 0.6 is 15.9 Å². The first-order valence-corrected chi connectivity index (χ1v) is 7.06. The first-order chi connectivity index (χ1) is 9.20. The first kappa shape index (κ1) is 14.5. The van der Waals surface area contributed by atoms with Crippen molar-refractivity contribution in [2.24, 2.45) is 0 Å². The molecule has 1 unspecified atom stereocenters. The van der Waals surface area contributed by atoms with Crippen molar-refractivity contribution >= 4 is 21.7 Å². The van der Waals surface area contributed by atoms with Crippen molar-refractivity contribution in [2.75, 3.05) is 26.9 Å². The van der Waals surface area contributed by atoms with E-state index in [2.05, 4.69) is 15.9 Å². The summed E-state index contributed by atoms with van der Waals surface area (Å²) < 4.78 is 16.7. The smallest absolute Gasteiger partial charge is 0.188 e. The monoisotopic (exact) mass is 328 g/mol. The molecule has 0 N–H and O–H groups in total. The van der Waals surface area contributed by atoms with Crippen LogP contribution in [0.3, 0.4) is 0 Å². The second kappa shape index (κ2) is 7.03. The van der Waals surface area contributed by atoms with E-state index >= 15 is 0 Å². The quantitative estimate of drug-likeness (QED) is 0.753. The Balaban J connectivity index is 1.83. The first-order valence-electron chi connectivity index (χ1n) is 6.27. The van der Waals surface area contributed by atoms with Crippen molar-refractivity contribution < 1.29 is 19.0 Å². The lowest BCUT2D eigenvalue weighted by molar-refractivity contribution is 0.0190. The van der Waals surface area contributed by atoms with Crippen LogP contribution in [0.1, 0.15) is 23.2 Å². The minimum absolute atomic E-state index is 0.0404. The Morgan fingerprint density at radius 3 is 3.00 bits per heavy atom. The summed E-state index contributed by atoms with van der Waals surface area (Å²) in [6, 6.07) is 5.25. The molecule has 0 bridgehead atoms. The summed E-state index contributed by atoms with van der Waals surface area (Å²) in [6.45, 7) is 1.37. The molecule has 1 aromatic rings. The highest BCUT2D eigenvalue weighted by molar-refractivity contribution is 9.10. The molecule has 5 heteroatoms. The van der Waals surface area contributed by atoms with Gasteiger partial charge in [0.05, 0.1) is 24.3 Å². The highest BCUT2D eigenvalue weighted by Crippen LogP contribution is 2.25. The van der Waals surface area contributed by atoms with Crippen LogP contribution in [0.5, 0.6) is 5.75 Å². The number of Topliss-reactive ketones (excluding diaryl/α,β-unsaturated/α-hetero) is 1. The maximum Gasteiger partial charge on any atom is 0.188 e. The van der Waals surface area contributed by atoms with Crippen molar-refractivity contribution in [3.63, 3.8) is 0 Å². The SMILES string of the molecule is COc1ccc(C(=O)COCC2CCCO2)cc1Br. The summed E-state index contributed by atoms with van der Waals surface area (Å²) in [5.74, 6) is 0.665. The Kier molecular flexibility index (Phi) is 5.36. The zero-order chi connectivity index (χ0) is 13.7. The second-order valence-corrected chi connectivity index (χ2v) is 5.28. The fourth-order valence-electron chi connectivity index (χ4n) is 1.98. The highest BCUT2D eigenvalue weighted by Gasteiger charge is 2.16. The van der Waals surface area contributed by atoms with E-state index in [9.17, 15) is 4.79 Å². The number of methoxy groups -OCH3 is 1. The Morgan fingerprint density at radius 1 is 1.53 bits per heavy atom. The van der Waals surface area contributed by atoms with E-state index in [-0.39, 0.29) is 18.5 Å². The number of benzene rings is 1. The average Bonchev–Trinajstić information content (AvgIpc) is 2.91. The Morgan fingerprint density at radius 2 is 2.37 bits per heavy atom. The van der Waals surface area contributed by atoms with Crippen molar-refractivity contribution in [3.05, 3.63) is 28.2 Å². The van der Waals surface area contributed by atoms with Gasteiger partial charge in [-0.25, -0.2) is 0 Å². The van der Waals surface area contributed by atoms with Gasteiger partial charge in [0, 0.05) is 12.2 Å². The standard InChI is InChI=1S/C14H17BrO4/c1-17-14-5-4-10(7-12(14)15)13(16)9-18-8-11-3-2-6-19-11/h4-5,7,11H,2-3,6,8-9H2,1H3.